The van der Waals surface area contributed by atoms with E-state index >= 15 is 0 Å². The lowest BCUT2D eigenvalue weighted by Gasteiger charge is -2.45. The highest BCUT2D eigenvalue weighted by molar-refractivity contribution is 7.89. The first-order valence-corrected chi connectivity index (χ1v) is 12.1. The highest BCUT2D eigenvalue weighted by Crippen LogP contribution is 2.35. The van der Waals surface area contributed by atoms with Crippen LogP contribution in [-0.2, 0) is 16.2 Å². The van der Waals surface area contributed by atoms with Crippen molar-refractivity contribution in [2.75, 3.05) is 37.6 Å². The van der Waals surface area contributed by atoms with Gasteiger partial charge in [-0.2, -0.15) is 17.5 Å². The Morgan fingerprint density at radius 2 is 1.88 bits per heavy atom. The lowest BCUT2D eigenvalue weighted by Crippen LogP contribution is -2.57. The van der Waals surface area contributed by atoms with Gasteiger partial charge < -0.3 is 9.88 Å². The van der Waals surface area contributed by atoms with Gasteiger partial charge >= 0.3 is 6.18 Å². The number of H-pyrrole nitrogens is 1. The molecule has 2 aromatic rings. The van der Waals surface area contributed by atoms with Crippen LogP contribution in [0.25, 0.3) is 0 Å². The van der Waals surface area contributed by atoms with E-state index in [2.05, 4.69) is 19.9 Å². The summed E-state index contributed by atoms with van der Waals surface area (Å²) in [4.78, 5) is 14.7. The standard InChI is InChI=1S/C19H24ClF3N6O2S/c1-13-11-27(6-7-29(13)18-16(20)8-14(9-25-18)19(21,22)23)15-2-4-28(5-3-15)32(30,31)17-10-24-12-26-17/h8-10,12-13,15H,2-7,11H2,1H3,(H,24,26). The number of pyridine rings is 1. The zero-order valence-corrected chi connectivity index (χ0v) is 19.0. The predicted molar refractivity (Wildman–Crippen MR) is 113 cm³/mol. The van der Waals surface area contributed by atoms with Crippen LogP contribution >= 0.6 is 11.6 Å². The molecule has 0 saturated carbocycles. The average Bonchev–Trinajstić information content (AvgIpc) is 3.29. The van der Waals surface area contributed by atoms with Crippen LogP contribution in [0.4, 0.5) is 19.0 Å². The number of piperidine rings is 1. The van der Waals surface area contributed by atoms with E-state index in [1.165, 1.54) is 16.8 Å². The Morgan fingerprint density at radius 1 is 1.16 bits per heavy atom. The van der Waals surface area contributed by atoms with Crippen molar-refractivity contribution >= 4 is 27.4 Å². The van der Waals surface area contributed by atoms with Gasteiger partial charge in [-0.05, 0) is 25.8 Å². The number of aromatic amines is 1. The summed E-state index contributed by atoms with van der Waals surface area (Å²) in [5, 5.41) is 0.0801. The van der Waals surface area contributed by atoms with E-state index < -0.39 is 21.8 Å². The molecule has 2 aliphatic rings. The molecule has 4 rings (SSSR count). The van der Waals surface area contributed by atoms with Crippen LogP contribution in [0.1, 0.15) is 25.3 Å². The number of alkyl halides is 3. The Morgan fingerprint density at radius 3 is 2.44 bits per heavy atom. The topological polar surface area (TPSA) is 85.4 Å². The molecule has 176 valence electrons. The van der Waals surface area contributed by atoms with E-state index in [-0.39, 0.29) is 22.1 Å². The molecule has 1 unspecified atom stereocenters. The third-order valence-electron chi connectivity index (χ3n) is 6.11. The first-order valence-electron chi connectivity index (χ1n) is 10.3. The van der Waals surface area contributed by atoms with Gasteiger partial charge in [0.05, 0.1) is 23.1 Å². The summed E-state index contributed by atoms with van der Waals surface area (Å²) in [7, 11) is -3.56. The number of rotatable bonds is 4. The molecule has 1 atom stereocenters. The predicted octanol–water partition coefficient (Wildman–Crippen LogP) is 2.84. The van der Waals surface area contributed by atoms with Crippen LogP contribution in [0.2, 0.25) is 5.02 Å². The summed E-state index contributed by atoms with van der Waals surface area (Å²) >= 11 is 6.13. The van der Waals surface area contributed by atoms with Crippen LogP contribution < -0.4 is 4.90 Å². The van der Waals surface area contributed by atoms with Crippen molar-refractivity contribution in [3.05, 3.63) is 35.4 Å². The summed E-state index contributed by atoms with van der Waals surface area (Å²) < 4.78 is 65.4. The fourth-order valence-electron chi connectivity index (χ4n) is 4.40. The highest BCUT2D eigenvalue weighted by Gasteiger charge is 2.36. The summed E-state index contributed by atoms with van der Waals surface area (Å²) in [6.07, 6.45) is 0.398. The number of hydrogen-bond donors (Lipinski definition) is 1. The van der Waals surface area contributed by atoms with Crippen LogP contribution in [-0.4, -0.2) is 77.4 Å². The molecule has 2 saturated heterocycles. The molecule has 0 amide bonds. The minimum absolute atomic E-state index is 0.00255. The van der Waals surface area contributed by atoms with E-state index in [1.54, 1.807) is 0 Å². The fourth-order valence-corrected chi connectivity index (χ4v) is 6.04. The number of anilines is 1. The molecule has 13 heteroatoms. The molecular formula is C19H24ClF3N6O2S. The minimum atomic E-state index is -4.49. The molecule has 8 nitrogen and oxygen atoms in total. The van der Waals surface area contributed by atoms with Crippen molar-refractivity contribution < 1.29 is 21.6 Å². The van der Waals surface area contributed by atoms with Crippen LogP contribution in [0.5, 0.6) is 0 Å². The van der Waals surface area contributed by atoms with E-state index in [1.807, 2.05) is 11.8 Å². The first kappa shape index (κ1) is 23.3. The largest absolute Gasteiger partial charge is 0.417 e. The van der Waals surface area contributed by atoms with Gasteiger partial charge in [0.2, 0.25) is 0 Å². The zero-order chi connectivity index (χ0) is 23.1. The van der Waals surface area contributed by atoms with Gasteiger partial charge in [0, 0.05) is 51.0 Å². The molecule has 0 bridgehead atoms. The second-order valence-electron chi connectivity index (χ2n) is 8.12. The van der Waals surface area contributed by atoms with E-state index in [4.69, 9.17) is 11.6 Å². The SMILES string of the molecule is CC1CN(C2CCN(S(=O)(=O)c3cnc[nH]3)CC2)CCN1c1ncc(C(F)(F)F)cc1Cl. The second kappa shape index (κ2) is 8.81. The number of nitrogens with zero attached hydrogens (tertiary/aromatic N) is 5. The van der Waals surface area contributed by atoms with Gasteiger partial charge in [-0.25, -0.2) is 18.4 Å². The lowest BCUT2D eigenvalue weighted by atomic mass is 10.0. The van der Waals surface area contributed by atoms with E-state index in [9.17, 15) is 21.6 Å². The molecule has 2 aliphatic heterocycles. The van der Waals surface area contributed by atoms with Gasteiger partial charge in [-0.3, -0.25) is 4.90 Å². The molecule has 0 radical (unpaired) electrons. The third-order valence-corrected chi connectivity index (χ3v) is 8.21. The average molecular weight is 493 g/mol. The normalized spacial score (nSPS) is 22.4. The Balaban J connectivity index is 1.36. The van der Waals surface area contributed by atoms with Crippen LogP contribution in [0.3, 0.4) is 0 Å². The highest BCUT2D eigenvalue weighted by atomic mass is 35.5. The van der Waals surface area contributed by atoms with Crippen molar-refractivity contribution in [3.63, 3.8) is 0 Å². The van der Waals surface area contributed by atoms with Gasteiger partial charge in [-0.15, -0.1) is 0 Å². The fraction of sp³-hybridized carbons (Fsp3) is 0.579. The Bertz CT molecular complexity index is 1040. The van der Waals surface area contributed by atoms with Gasteiger partial charge in [-0.1, -0.05) is 11.6 Å². The molecule has 2 aromatic heterocycles. The zero-order valence-electron chi connectivity index (χ0n) is 17.4. The molecule has 32 heavy (non-hydrogen) atoms. The van der Waals surface area contributed by atoms with E-state index in [0.29, 0.717) is 51.4 Å². The van der Waals surface area contributed by atoms with Gasteiger partial charge in [0.15, 0.2) is 5.03 Å². The molecule has 2 fully saturated rings. The van der Waals surface area contributed by atoms with Gasteiger partial charge in [0.25, 0.3) is 10.0 Å². The van der Waals surface area contributed by atoms with Crippen molar-refractivity contribution in [1.82, 2.24) is 24.2 Å². The maximum absolute atomic E-state index is 12.9. The number of hydrogen-bond acceptors (Lipinski definition) is 6. The molecule has 0 aliphatic carbocycles. The Labute approximate surface area is 189 Å². The third kappa shape index (κ3) is 4.59. The van der Waals surface area contributed by atoms with Crippen molar-refractivity contribution in [1.29, 1.82) is 0 Å². The molecule has 1 N–H and O–H groups in total. The smallest absolute Gasteiger partial charge is 0.350 e. The molecular weight excluding hydrogens is 469 g/mol. The van der Waals surface area contributed by atoms with Crippen LogP contribution in [0, 0.1) is 0 Å². The Hall–Kier alpha value is -1.89. The maximum atomic E-state index is 12.9. The van der Waals surface area contributed by atoms with Crippen LogP contribution in [0.15, 0.2) is 29.8 Å². The summed E-state index contributed by atoms with van der Waals surface area (Å²) in [6, 6.07) is 1.15. The number of sulfonamides is 1. The Kier molecular flexibility index (Phi) is 6.40. The number of piperazine rings is 1. The van der Waals surface area contributed by atoms with Gasteiger partial charge in [0.1, 0.15) is 5.82 Å². The summed E-state index contributed by atoms with van der Waals surface area (Å²) in [5.41, 5.74) is -0.866. The molecule has 0 spiro atoms. The second-order valence-corrected chi connectivity index (χ2v) is 10.4. The van der Waals surface area contributed by atoms with Crippen molar-refractivity contribution in [2.45, 2.75) is 43.1 Å². The summed E-state index contributed by atoms with van der Waals surface area (Å²) in [5.74, 6) is 0.354. The quantitative estimate of drug-likeness (QED) is 0.706. The van der Waals surface area contributed by atoms with Crippen molar-refractivity contribution in [3.8, 4) is 0 Å². The maximum Gasteiger partial charge on any atom is 0.417 e. The number of aromatic nitrogens is 3. The number of halogens is 4. The number of imidazole rings is 1. The van der Waals surface area contributed by atoms with E-state index in [0.717, 1.165) is 12.3 Å². The van der Waals surface area contributed by atoms with Crippen molar-refractivity contribution in [2.24, 2.45) is 0 Å². The first-order chi connectivity index (χ1) is 15.1. The summed E-state index contributed by atoms with van der Waals surface area (Å²) in [6.45, 7) is 4.80. The minimum Gasteiger partial charge on any atom is -0.350 e. The number of nitrogens with one attached hydrogen (secondary N) is 1. The molecule has 4 heterocycles. The monoisotopic (exact) mass is 492 g/mol. The molecule has 0 aromatic carbocycles. The lowest BCUT2D eigenvalue weighted by molar-refractivity contribution is -0.137.